The standard InChI is InChI=1S/C22H19ClF3N3O3.ClH/c23-16-5-4-12(8-15(16)22(24,25)26)9-20(31)28-17-3-1-2-14-13(17)6-7-29(21(14)32)18-10-27-11-19(18)30;/h1-8,18-19,27,30H,9-11H2,(H,28,31);1H. The molecular formula is C22H20Cl2F3N3O3. The topological polar surface area (TPSA) is 83.4 Å². The maximum Gasteiger partial charge on any atom is 0.417 e. The predicted octanol–water partition coefficient (Wildman–Crippen LogP) is 3.78. The molecule has 33 heavy (non-hydrogen) atoms. The number of alkyl halides is 3. The number of benzene rings is 2. The Labute approximate surface area is 197 Å². The fourth-order valence-corrected chi connectivity index (χ4v) is 4.10. The number of carbonyl (C=O) groups is 1. The van der Waals surface area contributed by atoms with Gasteiger partial charge in [-0.05, 0) is 35.9 Å². The number of rotatable bonds is 4. The maximum absolute atomic E-state index is 13.1. The van der Waals surface area contributed by atoms with Crippen LogP contribution in [-0.4, -0.2) is 34.8 Å². The van der Waals surface area contributed by atoms with Gasteiger partial charge in [0.1, 0.15) is 0 Å². The van der Waals surface area contributed by atoms with Gasteiger partial charge in [0.15, 0.2) is 0 Å². The number of pyridine rings is 1. The largest absolute Gasteiger partial charge is 0.417 e. The van der Waals surface area contributed by atoms with E-state index in [2.05, 4.69) is 10.6 Å². The van der Waals surface area contributed by atoms with Gasteiger partial charge in [-0.25, -0.2) is 0 Å². The number of hydrogen-bond donors (Lipinski definition) is 3. The molecule has 2 unspecified atom stereocenters. The van der Waals surface area contributed by atoms with Crippen molar-refractivity contribution in [3.8, 4) is 0 Å². The quantitative estimate of drug-likeness (QED) is 0.507. The number of nitrogens with zero attached hydrogens (tertiary/aromatic N) is 1. The number of aliphatic hydroxyl groups excluding tert-OH is 1. The van der Waals surface area contributed by atoms with Crippen LogP contribution in [0.15, 0.2) is 53.5 Å². The summed E-state index contributed by atoms with van der Waals surface area (Å²) in [7, 11) is 0. The molecule has 1 fully saturated rings. The van der Waals surface area contributed by atoms with Gasteiger partial charge in [0.25, 0.3) is 5.56 Å². The number of aromatic nitrogens is 1. The van der Waals surface area contributed by atoms with Crippen molar-refractivity contribution in [3.63, 3.8) is 0 Å². The van der Waals surface area contributed by atoms with Crippen molar-refractivity contribution < 1.29 is 23.1 Å². The van der Waals surface area contributed by atoms with Gasteiger partial charge in [-0.3, -0.25) is 9.59 Å². The molecule has 1 amide bonds. The second kappa shape index (κ2) is 9.72. The molecule has 0 saturated carbocycles. The van der Waals surface area contributed by atoms with Crippen LogP contribution >= 0.6 is 24.0 Å². The molecule has 0 spiro atoms. The van der Waals surface area contributed by atoms with Gasteiger partial charge in [0.2, 0.25) is 5.91 Å². The highest BCUT2D eigenvalue weighted by molar-refractivity contribution is 6.31. The number of halogens is 5. The zero-order chi connectivity index (χ0) is 23.0. The smallest absolute Gasteiger partial charge is 0.390 e. The molecule has 1 aliphatic heterocycles. The van der Waals surface area contributed by atoms with Crippen LogP contribution in [0.5, 0.6) is 0 Å². The van der Waals surface area contributed by atoms with Gasteiger partial charge in [-0.15, -0.1) is 12.4 Å². The molecule has 0 aliphatic carbocycles. The van der Waals surface area contributed by atoms with E-state index in [0.717, 1.165) is 12.1 Å². The Balaban J connectivity index is 0.00000306. The molecule has 2 aromatic carbocycles. The average Bonchev–Trinajstić information content (AvgIpc) is 3.15. The predicted molar refractivity (Wildman–Crippen MR) is 122 cm³/mol. The summed E-state index contributed by atoms with van der Waals surface area (Å²) in [6.07, 6.45) is -4.04. The van der Waals surface area contributed by atoms with E-state index in [1.165, 1.54) is 10.6 Å². The van der Waals surface area contributed by atoms with Crippen LogP contribution < -0.4 is 16.2 Å². The summed E-state index contributed by atoms with van der Waals surface area (Å²) in [6.45, 7) is 0.857. The van der Waals surface area contributed by atoms with Crippen LogP contribution in [0.1, 0.15) is 17.2 Å². The van der Waals surface area contributed by atoms with E-state index in [1.54, 1.807) is 30.5 Å². The molecule has 2 atom stereocenters. The summed E-state index contributed by atoms with van der Waals surface area (Å²) in [5.74, 6) is -0.535. The summed E-state index contributed by atoms with van der Waals surface area (Å²) in [4.78, 5) is 25.5. The normalized spacial score (nSPS) is 18.2. The lowest BCUT2D eigenvalue weighted by Crippen LogP contribution is -2.31. The van der Waals surface area contributed by atoms with Gasteiger partial charge in [0, 0.05) is 35.7 Å². The van der Waals surface area contributed by atoms with E-state index in [0.29, 0.717) is 29.5 Å². The molecule has 1 saturated heterocycles. The Kier molecular flexibility index (Phi) is 7.38. The first-order valence-corrected chi connectivity index (χ1v) is 10.2. The summed E-state index contributed by atoms with van der Waals surface area (Å²) < 4.78 is 40.6. The molecule has 0 radical (unpaired) electrons. The van der Waals surface area contributed by atoms with Gasteiger partial charge in [0.05, 0.1) is 29.2 Å². The third-order valence-corrected chi connectivity index (χ3v) is 5.79. The Morgan fingerprint density at radius 3 is 2.61 bits per heavy atom. The fourth-order valence-electron chi connectivity index (χ4n) is 3.88. The second-order valence-corrected chi connectivity index (χ2v) is 8.03. The molecular weight excluding hydrogens is 482 g/mol. The SMILES string of the molecule is Cl.O=C(Cc1ccc(Cl)c(C(F)(F)F)c1)Nc1cccc2c(=O)n(C3CNCC3O)ccc12. The van der Waals surface area contributed by atoms with E-state index in [9.17, 15) is 27.9 Å². The second-order valence-electron chi connectivity index (χ2n) is 7.62. The first-order chi connectivity index (χ1) is 15.1. The molecule has 1 aliphatic rings. The molecule has 2 heterocycles. The maximum atomic E-state index is 13.1. The summed E-state index contributed by atoms with van der Waals surface area (Å²) in [5, 5.41) is 16.2. The number of carbonyl (C=O) groups excluding carboxylic acids is 1. The van der Waals surface area contributed by atoms with Crippen LogP contribution in [0.25, 0.3) is 10.8 Å². The van der Waals surface area contributed by atoms with Crippen molar-refractivity contribution in [3.05, 3.63) is 75.2 Å². The van der Waals surface area contributed by atoms with Crippen LogP contribution in [0.3, 0.4) is 0 Å². The van der Waals surface area contributed by atoms with E-state index in [4.69, 9.17) is 11.6 Å². The molecule has 3 N–H and O–H groups in total. The Morgan fingerprint density at radius 1 is 1.18 bits per heavy atom. The minimum absolute atomic E-state index is 0. The van der Waals surface area contributed by atoms with Crippen molar-refractivity contribution in [1.82, 2.24) is 9.88 Å². The zero-order valence-electron chi connectivity index (χ0n) is 17.0. The van der Waals surface area contributed by atoms with Crippen LogP contribution in [0, 0.1) is 0 Å². The highest BCUT2D eigenvalue weighted by Crippen LogP contribution is 2.35. The molecule has 11 heteroatoms. The fraction of sp³-hybridized carbons (Fsp3) is 0.273. The number of hydrogen-bond acceptors (Lipinski definition) is 4. The molecule has 176 valence electrons. The van der Waals surface area contributed by atoms with E-state index >= 15 is 0 Å². The lowest BCUT2D eigenvalue weighted by atomic mass is 10.1. The third-order valence-electron chi connectivity index (χ3n) is 5.46. The number of aliphatic hydroxyl groups is 1. The monoisotopic (exact) mass is 501 g/mol. The van der Waals surface area contributed by atoms with Crippen molar-refractivity contribution in [2.45, 2.75) is 24.7 Å². The van der Waals surface area contributed by atoms with Crippen LogP contribution in [0.2, 0.25) is 5.02 Å². The summed E-state index contributed by atoms with van der Waals surface area (Å²) in [5.41, 5.74) is -0.783. The lowest BCUT2D eigenvalue weighted by molar-refractivity contribution is -0.137. The van der Waals surface area contributed by atoms with E-state index in [1.807, 2.05) is 0 Å². The van der Waals surface area contributed by atoms with Crippen molar-refractivity contribution >= 4 is 46.4 Å². The van der Waals surface area contributed by atoms with Gasteiger partial charge >= 0.3 is 6.18 Å². The molecule has 0 bridgehead atoms. The summed E-state index contributed by atoms with van der Waals surface area (Å²) in [6, 6.07) is 9.44. The van der Waals surface area contributed by atoms with E-state index in [-0.39, 0.29) is 30.0 Å². The summed E-state index contributed by atoms with van der Waals surface area (Å²) >= 11 is 5.62. The van der Waals surface area contributed by atoms with Gasteiger partial charge in [-0.2, -0.15) is 13.2 Å². The molecule has 1 aromatic heterocycles. The van der Waals surface area contributed by atoms with Crippen molar-refractivity contribution in [2.24, 2.45) is 0 Å². The number of anilines is 1. The minimum Gasteiger partial charge on any atom is -0.390 e. The molecule has 6 nitrogen and oxygen atoms in total. The highest BCUT2D eigenvalue weighted by atomic mass is 35.5. The first kappa shape index (κ1) is 25.0. The van der Waals surface area contributed by atoms with Crippen LogP contribution in [-0.2, 0) is 17.4 Å². The number of fused-ring (bicyclic) bond motifs is 1. The average molecular weight is 502 g/mol. The number of amides is 1. The van der Waals surface area contributed by atoms with Gasteiger partial charge in [-0.1, -0.05) is 23.7 Å². The molecule has 3 aromatic rings. The Bertz CT molecular complexity index is 1250. The minimum atomic E-state index is -4.62. The Morgan fingerprint density at radius 2 is 1.94 bits per heavy atom. The lowest BCUT2D eigenvalue weighted by Gasteiger charge is -2.18. The Hall–Kier alpha value is -2.59. The zero-order valence-corrected chi connectivity index (χ0v) is 18.6. The number of β-amino-alcohol motifs (C(OH)–C–C–N with tert-alkyl or cyclic N) is 1. The first-order valence-electron chi connectivity index (χ1n) is 9.83. The third kappa shape index (κ3) is 5.16. The highest BCUT2D eigenvalue weighted by Gasteiger charge is 2.33. The van der Waals surface area contributed by atoms with Gasteiger partial charge < -0.3 is 20.3 Å². The molecule has 4 rings (SSSR count). The van der Waals surface area contributed by atoms with Crippen molar-refractivity contribution in [1.29, 1.82) is 0 Å². The van der Waals surface area contributed by atoms with Crippen molar-refractivity contribution in [2.75, 3.05) is 18.4 Å². The van der Waals surface area contributed by atoms with Crippen LogP contribution in [0.4, 0.5) is 18.9 Å². The number of nitrogens with one attached hydrogen (secondary N) is 2. The van der Waals surface area contributed by atoms with E-state index < -0.39 is 34.8 Å².